The quantitative estimate of drug-likeness (QED) is 0.885. The fraction of sp³-hybridized carbons (Fsp3) is 0.438. The monoisotopic (exact) mass is 272 g/mol. The van der Waals surface area contributed by atoms with Gasteiger partial charge in [0, 0.05) is 30.1 Å². The van der Waals surface area contributed by atoms with Crippen LogP contribution in [0.4, 0.5) is 0 Å². The Morgan fingerprint density at radius 3 is 2.85 bits per heavy atom. The molecule has 0 saturated heterocycles. The fourth-order valence-corrected chi connectivity index (χ4v) is 3.17. The second-order valence-corrected chi connectivity index (χ2v) is 5.27. The van der Waals surface area contributed by atoms with Crippen molar-refractivity contribution in [3.05, 3.63) is 34.9 Å². The number of benzene rings is 1. The van der Waals surface area contributed by atoms with E-state index in [4.69, 9.17) is 4.74 Å². The smallest absolute Gasteiger partial charge is 0.250 e. The van der Waals surface area contributed by atoms with E-state index in [-0.39, 0.29) is 11.8 Å². The number of rotatable bonds is 3. The van der Waals surface area contributed by atoms with Crippen LogP contribution in [0.2, 0.25) is 0 Å². The lowest BCUT2D eigenvalue weighted by molar-refractivity contribution is -0.117. The molecule has 3 rings (SSSR count). The lowest BCUT2D eigenvalue weighted by Gasteiger charge is -2.15. The average Bonchev–Trinajstić information content (AvgIpc) is 2.63. The third-order valence-corrected chi connectivity index (χ3v) is 4.06. The Labute approximate surface area is 119 Å². The highest BCUT2D eigenvalue weighted by molar-refractivity contribution is 6.05. The van der Waals surface area contributed by atoms with E-state index in [2.05, 4.69) is 23.6 Å². The Bertz CT molecular complexity index is 578. The fourth-order valence-electron chi connectivity index (χ4n) is 3.17. The number of hydrogen-bond acceptors (Lipinski definition) is 3. The SMILES string of the molecule is CCCC1C2=C(NCCNC2=O)c2cc(OC)ccc21. The number of nitrogens with one attached hydrogen (secondary N) is 2. The second-order valence-electron chi connectivity index (χ2n) is 5.27. The molecule has 106 valence electrons. The van der Waals surface area contributed by atoms with E-state index < -0.39 is 0 Å². The van der Waals surface area contributed by atoms with Gasteiger partial charge in [-0.15, -0.1) is 0 Å². The zero-order valence-corrected chi connectivity index (χ0v) is 12.0. The highest BCUT2D eigenvalue weighted by Crippen LogP contribution is 2.44. The molecular formula is C16H20N2O2. The summed E-state index contributed by atoms with van der Waals surface area (Å²) in [4.78, 5) is 12.4. The van der Waals surface area contributed by atoms with Gasteiger partial charge in [-0.05, 0) is 24.1 Å². The van der Waals surface area contributed by atoms with E-state index in [0.29, 0.717) is 6.54 Å². The van der Waals surface area contributed by atoms with Gasteiger partial charge in [-0.2, -0.15) is 0 Å². The van der Waals surface area contributed by atoms with Crippen LogP contribution in [0.25, 0.3) is 5.70 Å². The molecule has 0 radical (unpaired) electrons. The van der Waals surface area contributed by atoms with E-state index in [1.54, 1.807) is 7.11 Å². The normalized spacial score (nSPS) is 20.7. The number of carbonyl (C=O) groups excluding carboxylic acids is 1. The summed E-state index contributed by atoms with van der Waals surface area (Å²) in [5.41, 5.74) is 4.25. The van der Waals surface area contributed by atoms with Crippen molar-refractivity contribution in [3.63, 3.8) is 0 Å². The molecule has 2 N–H and O–H groups in total. The van der Waals surface area contributed by atoms with Crippen molar-refractivity contribution in [2.24, 2.45) is 0 Å². The van der Waals surface area contributed by atoms with E-state index in [1.165, 1.54) is 5.56 Å². The Morgan fingerprint density at radius 2 is 2.10 bits per heavy atom. The van der Waals surface area contributed by atoms with Gasteiger partial charge in [0.05, 0.1) is 12.8 Å². The molecule has 1 aliphatic heterocycles. The summed E-state index contributed by atoms with van der Waals surface area (Å²) in [7, 11) is 1.67. The average molecular weight is 272 g/mol. The lowest BCUT2D eigenvalue weighted by atomic mass is 9.91. The number of amides is 1. The highest BCUT2D eigenvalue weighted by Gasteiger charge is 2.35. The van der Waals surface area contributed by atoms with Gasteiger partial charge in [-0.1, -0.05) is 19.4 Å². The van der Waals surface area contributed by atoms with Crippen LogP contribution in [0.3, 0.4) is 0 Å². The number of ether oxygens (including phenoxy) is 1. The molecule has 4 heteroatoms. The molecule has 1 aromatic carbocycles. The highest BCUT2D eigenvalue weighted by atomic mass is 16.5. The Hall–Kier alpha value is -1.97. The molecule has 0 saturated carbocycles. The molecule has 0 bridgehead atoms. The van der Waals surface area contributed by atoms with E-state index in [1.807, 2.05) is 12.1 Å². The zero-order chi connectivity index (χ0) is 14.1. The number of fused-ring (bicyclic) bond motifs is 2. The number of carbonyl (C=O) groups is 1. The number of hydrogen-bond donors (Lipinski definition) is 2. The third kappa shape index (κ3) is 1.96. The van der Waals surface area contributed by atoms with Crippen molar-refractivity contribution in [2.75, 3.05) is 20.2 Å². The van der Waals surface area contributed by atoms with E-state index in [9.17, 15) is 4.79 Å². The molecule has 2 aliphatic rings. The van der Waals surface area contributed by atoms with Crippen molar-refractivity contribution < 1.29 is 9.53 Å². The van der Waals surface area contributed by atoms with Gasteiger partial charge in [0.1, 0.15) is 5.75 Å². The van der Waals surface area contributed by atoms with Crippen LogP contribution in [-0.4, -0.2) is 26.1 Å². The van der Waals surface area contributed by atoms with Crippen LogP contribution in [0.5, 0.6) is 5.75 Å². The number of methoxy groups -OCH3 is 1. The second kappa shape index (κ2) is 5.19. The van der Waals surface area contributed by atoms with Gasteiger partial charge in [0.2, 0.25) is 5.91 Å². The molecule has 1 aliphatic carbocycles. The van der Waals surface area contributed by atoms with Gasteiger partial charge < -0.3 is 15.4 Å². The molecule has 1 atom stereocenters. The van der Waals surface area contributed by atoms with Crippen LogP contribution >= 0.6 is 0 Å². The van der Waals surface area contributed by atoms with Crippen molar-refractivity contribution >= 4 is 11.6 Å². The minimum atomic E-state index is 0.0682. The first-order valence-corrected chi connectivity index (χ1v) is 7.20. The minimum absolute atomic E-state index is 0.0682. The first-order valence-electron chi connectivity index (χ1n) is 7.20. The Kier molecular flexibility index (Phi) is 3.38. The maximum Gasteiger partial charge on any atom is 0.250 e. The summed E-state index contributed by atoms with van der Waals surface area (Å²) in [5.74, 6) is 1.10. The summed E-state index contributed by atoms with van der Waals surface area (Å²) < 4.78 is 5.32. The summed E-state index contributed by atoms with van der Waals surface area (Å²) in [6.07, 6.45) is 2.05. The third-order valence-electron chi connectivity index (χ3n) is 4.06. The summed E-state index contributed by atoms with van der Waals surface area (Å²) in [5, 5.41) is 6.39. The topological polar surface area (TPSA) is 50.4 Å². The molecule has 1 unspecified atom stereocenters. The van der Waals surface area contributed by atoms with Gasteiger partial charge in [-0.3, -0.25) is 4.79 Å². The van der Waals surface area contributed by atoms with Gasteiger partial charge in [-0.25, -0.2) is 0 Å². The van der Waals surface area contributed by atoms with Gasteiger partial charge in [0.15, 0.2) is 0 Å². The Morgan fingerprint density at radius 1 is 1.30 bits per heavy atom. The Balaban J connectivity index is 2.13. The van der Waals surface area contributed by atoms with Crippen LogP contribution in [-0.2, 0) is 4.79 Å². The largest absolute Gasteiger partial charge is 0.497 e. The molecule has 0 aromatic heterocycles. The summed E-state index contributed by atoms with van der Waals surface area (Å²) >= 11 is 0. The molecule has 1 heterocycles. The molecule has 1 amide bonds. The van der Waals surface area contributed by atoms with Gasteiger partial charge in [0.25, 0.3) is 0 Å². The zero-order valence-electron chi connectivity index (χ0n) is 12.0. The molecule has 20 heavy (non-hydrogen) atoms. The molecule has 0 fully saturated rings. The van der Waals surface area contributed by atoms with Crippen LogP contribution < -0.4 is 15.4 Å². The predicted octanol–water partition coefficient (Wildman–Crippen LogP) is 2.02. The van der Waals surface area contributed by atoms with Crippen molar-refractivity contribution in [3.8, 4) is 5.75 Å². The molecular weight excluding hydrogens is 252 g/mol. The maximum absolute atomic E-state index is 12.4. The molecule has 1 aromatic rings. The van der Waals surface area contributed by atoms with Crippen molar-refractivity contribution in [2.45, 2.75) is 25.7 Å². The van der Waals surface area contributed by atoms with Crippen LogP contribution in [0.15, 0.2) is 23.8 Å². The lowest BCUT2D eigenvalue weighted by Crippen LogP contribution is -2.28. The standard InChI is InChI=1S/C16H20N2O2/c1-3-4-12-11-6-5-10(20-2)9-13(11)15-14(12)16(19)18-8-7-17-15/h5-6,9,12,17H,3-4,7-8H2,1-2H3,(H,18,19). The molecule has 4 nitrogen and oxygen atoms in total. The summed E-state index contributed by atoms with van der Waals surface area (Å²) in [6, 6.07) is 6.11. The summed E-state index contributed by atoms with van der Waals surface area (Å²) in [6.45, 7) is 3.59. The van der Waals surface area contributed by atoms with Gasteiger partial charge >= 0.3 is 0 Å². The van der Waals surface area contributed by atoms with Crippen molar-refractivity contribution in [1.29, 1.82) is 0 Å². The first kappa shape index (κ1) is 13.0. The predicted molar refractivity (Wildman–Crippen MR) is 78.6 cm³/mol. The van der Waals surface area contributed by atoms with Crippen molar-refractivity contribution in [1.82, 2.24) is 10.6 Å². The molecule has 0 spiro atoms. The first-order chi connectivity index (χ1) is 9.76. The maximum atomic E-state index is 12.4. The van der Waals surface area contributed by atoms with Crippen LogP contribution in [0, 0.1) is 0 Å². The van der Waals surface area contributed by atoms with E-state index in [0.717, 1.165) is 42.0 Å². The van der Waals surface area contributed by atoms with Crippen LogP contribution in [0.1, 0.15) is 36.8 Å². The minimum Gasteiger partial charge on any atom is -0.497 e. The van der Waals surface area contributed by atoms with E-state index >= 15 is 0 Å².